The van der Waals surface area contributed by atoms with Gasteiger partial charge in [0.1, 0.15) is 11.6 Å². The molecule has 4 nitrogen and oxygen atoms in total. The first-order valence-electron chi connectivity index (χ1n) is 7.67. The molecule has 1 N–H and O–H groups in total. The standard InChI is InChI=1S/C16H20Cl2N2O2/c17-14-13(21)16(18,11-12-7-3-1-4-8-12)15(22)20(14)19-9-5-2-6-10-19/h1,3-4,7-8,13-14,21H,2,5-6,9-11H2. The van der Waals surface area contributed by atoms with E-state index in [1.54, 1.807) is 0 Å². The van der Waals surface area contributed by atoms with E-state index in [9.17, 15) is 9.90 Å². The zero-order chi connectivity index (χ0) is 15.7. The van der Waals surface area contributed by atoms with E-state index >= 15 is 0 Å². The molecule has 0 aliphatic carbocycles. The van der Waals surface area contributed by atoms with Gasteiger partial charge in [-0.15, -0.1) is 11.6 Å². The fraction of sp³-hybridized carbons (Fsp3) is 0.562. The van der Waals surface area contributed by atoms with Gasteiger partial charge in [-0.25, -0.2) is 5.01 Å². The van der Waals surface area contributed by atoms with Crippen molar-refractivity contribution < 1.29 is 9.90 Å². The quantitative estimate of drug-likeness (QED) is 0.677. The Morgan fingerprint density at radius 1 is 1.18 bits per heavy atom. The van der Waals surface area contributed by atoms with Crippen LogP contribution in [0, 0.1) is 0 Å². The molecule has 3 atom stereocenters. The first-order chi connectivity index (χ1) is 10.5. The summed E-state index contributed by atoms with van der Waals surface area (Å²) in [5, 5.41) is 13.9. The minimum absolute atomic E-state index is 0.267. The molecule has 0 saturated carbocycles. The molecule has 3 unspecified atom stereocenters. The molecule has 6 heteroatoms. The highest BCUT2D eigenvalue weighted by atomic mass is 35.5. The second-order valence-electron chi connectivity index (χ2n) is 6.01. The lowest BCUT2D eigenvalue weighted by atomic mass is 9.95. The maximum absolute atomic E-state index is 12.9. The van der Waals surface area contributed by atoms with Crippen LogP contribution in [0.15, 0.2) is 30.3 Å². The summed E-state index contributed by atoms with van der Waals surface area (Å²) in [7, 11) is 0. The Morgan fingerprint density at radius 2 is 1.82 bits per heavy atom. The van der Waals surface area contributed by atoms with Crippen molar-refractivity contribution in [1.82, 2.24) is 10.0 Å². The summed E-state index contributed by atoms with van der Waals surface area (Å²) in [6, 6.07) is 9.49. The van der Waals surface area contributed by atoms with Gasteiger partial charge in [-0.2, -0.15) is 0 Å². The summed E-state index contributed by atoms with van der Waals surface area (Å²) >= 11 is 12.9. The normalized spacial score (nSPS) is 33.4. The number of hydrogen-bond donors (Lipinski definition) is 1. The number of nitrogens with zero attached hydrogens (tertiary/aromatic N) is 2. The second-order valence-corrected chi connectivity index (χ2v) is 7.13. The van der Waals surface area contributed by atoms with Gasteiger partial charge in [0.05, 0.1) is 0 Å². The molecule has 2 saturated heterocycles. The Labute approximate surface area is 140 Å². The number of carbonyl (C=O) groups excluding carboxylic acids is 1. The largest absolute Gasteiger partial charge is 0.387 e. The molecule has 2 heterocycles. The Morgan fingerprint density at radius 3 is 2.45 bits per heavy atom. The first kappa shape index (κ1) is 16.1. The van der Waals surface area contributed by atoms with E-state index in [0.29, 0.717) is 0 Å². The third-order valence-electron chi connectivity index (χ3n) is 4.47. The van der Waals surface area contributed by atoms with Crippen LogP contribution in [0.25, 0.3) is 0 Å². The summed E-state index contributed by atoms with van der Waals surface area (Å²) in [5.74, 6) is -0.299. The van der Waals surface area contributed by atoms with Gasteiger partial charge in [0.25, 0.3) is 5.91 Å². The van der Waals surface area contributed by atoms with E-state index in [4.69, 9.17) is 23.2 Å². The fourth-order valence-corrected chi connectivity index (χ4v) is 4.08. The Bertz CT molecular complexity index is 536. The predicted octanol–water partition coefficient (Wildman–Crippen LogP) is 2.38. The third kappa shape index (κ3) is 2.73. The van der Waals surface area contributed by atoms with E-state index in [0.717, 1.165) is 37.9 Å². The van der Waals surface area contributed by atoms with Crippen LogP contribution in [0.2, 0.25) is 0 Å². The zero-order valence-electron chi connectivity index (χ0n) is 12.3. The van der Waals surface area contributed by atoms with Crippen molar-refractivity contribution in [2.45, 2.75) is 42.2 Å². The number of hydrazine groups is 1. The van der Waals surface area contributed by atoms with Crippen molar-refractivity contribution in [3.63, 3.8) is 0 Å². The van der Waals surface area contributed by atoms with Crippen molar-refractivity contribution in [3.8, 4) is 0 Å². The molecular weight excluding hydrogens is 323 g/mol. The molecule has 1 amide bonds. The number of aliphatic hydroxyl groups is 1. The molecule has 0 aromatic heterocycles. The van der Waals surface area contributed by atoms with Gasteiger partial charge in [0, 0.05) is 19.5 Å². The number of carbonyl (C=O) groups is 1. The maximum atomic E-state index is 12.9. The molecule has 120 valence electrons. The topological polar surface area (TPSA) is 43.8 Å². The number of hydrogen-bond acceptors (Lipinski definition) is 3. The van der Waals surface area contributed by atoms with Crippen molar-refractivity contribution in [2.24, 2.45) is 0 Å². The number of halogens is 2. The van der Waals surface area contributed by atoms with E-state index in [-0.39, 0.29) is 12.3 Å². The molecule has 0 spiro atoms. The summed E-state index contributed by atoms with van der Waals surface area (Å²) < 4.78 is 0. The van der Waals surface area contributed by atoms with Crippen LogP contribution in [0.5, 0.6) is 0 Å². The Hall–Kier alpha value is -0.810. The lowest BCUT2D eigenvalue weighted by molar-refractivity contribution is -0.148. The lowest BCUT2D eigenvalue weighted by Crippen LogP contribution is -2.51. The molecule has 22 heavy (non-hydrogen) atoms. The Balaban J connectivity index is 1.84. The molecule has 2 aliphatic heterocycles. The average Bonchev–Trinajstić information content (AvgIpc) is 2.70. The molecule has 2 aliphatic rings. The van der Waals surface area contributed by atoms with Crippen molar-refractivity contribution in [1.29, 1.82) is 0 Å². The molecule has 1 aromatic rings. The lowest BCUT2D eigenvalue weighted by Gasteiger charge is -2.36. The summed E-state index contributed by atoms with van der Waals surface area (Å²) in [6.07, 6.45) is 2.37. The van der Waals surface area contributed by atoms with E-state index < -0.39 is 16.5 Å². The number of aliphatic hydroxyl groups excluding tert-OH is 1. The van der Waals surface area contributed by atoms with Crippen LogP contribution in [0.3, 0.4) is 0 Å². The van der Waals surface area contributed by atoms with E-state index in [1.807, 2.05) is 35.3 Å². The summed E-state index contributed by atoms with van der Waals surface area (Å²) in [4.78, 5) is 11.5. The first-order valence-corrected chi connectivity index (χ1v) is 8.49. The van der Waals surface area contributed by atoms with E-state index in [2.05, 4.69) is 0 Å². The zero-order valence-corrected chi connectivity index (χ0v) is 13.8. The van der Waals surface area contributed by atoms with Crippen LogP contribution >= 0.6 is 23.2 Å². The predicted molar refractivity (Wildman–Crippen MR) is 86.6 cm³/mol. The highest BCUT2D eigenvalue weighted by Gasteiger charge is 2.59. The number of alkyl halides is 2. The fourth-order valence-electron chi connectivity index (χ4n) is 3.23. The average molecular weight is 343 g/mol. The van der Waals surface area contributed by atoms with Gasteiger partial charge in [0.15, 0.2) is 4.87 Å². The van der Waals surface area contributed by atoms with Crippen LogP contribution in [-0.4, -0.2) is 50.6 Å². The Kier molecular flexibility index (Phi) is 4.64. The van der Waals surface area contributed by atoms with Crippen LogP contribution in [0.4, 0.5) is 0 Å². The molecular formula is C16H20Cl2N2O2. The summed E-state index contributed by atoms with van der Waals surface area (Å²) in [6.45, 7) is 1.56. The van der Waals surface area contributed by atoms with Crippen LogP contribution < -0.4 is 0 Å². The molecule has 0 bridgehead atoms. The SMILES string of the molecule is O=C1N(N2CCCCC2)C(Cl)C(O)C1(Cl)Cc1ccccc1. The van der Waals surface area contributed by atoms with Gasteiger partial charge in [-0.05, 0) is 18.4 Å². The second kappa shape index (κ2) is 6.36. The van der Waals surface area contributed by atoms with Crippen molar-refractivity contribution >= 4 is 29.1 Å². The van der Waals surface area contributed by atoms with Gasteiger partial charge in [-0.1, -0.05) is 48.4 Å². The van der Waals surface area contributed by atoms with Gasteiger partial charge in [0.2, 0.25) is 0 Å². The highest BCUT2D eigenvalue weighted by Crippen LogP contribution is 2.40. The smallest absolute Gasteiger partial charge is 0.262 e. The molecule has 3 rings (SSSR count). The van der Waals surface area contributed by atoms with Crippen molar-refractivity contribution in [2.75, 3.05) is 13.1 Å². The van der Waals surface area contributed by atoms with Crippen LogP contribution in [-0.2, 0) is 11.2 Å². The highest BCUT2D eigenvalue weighted by molar-refractivity contribution is 6.38. The minimum atomic E-state index is -1.40. The molecule has 0 radical (unpaired) electrons. The molecule has 1 aromatic carbocycles. The number of benzene rings is 1. The summed E-state index contributed by atoms with van der Waals surface area (Å²) in [5.41, 5.74) is 0.0982. The van der Waals surface area contributed by atoms with E-state index in [1.165, 1.54) is 5.01 Å². The van der Waals surface area contributed by atoms with Crippen LogP contribution in [0.1, 0.15) is 24.8 Å². The minimum Gasteiger partial charge on any atom is -0.387 e. The number of rotatable bonds is 3. The monoisotopic (exact) mass is 342 g/mol. The van der Waals surface area contributed by atoms with Crippen molar-refractivity contribution in [3.05, 3.63) is 35.9 Å². The maximum Gasteiger partial charge on any atom is 0.262 e. The third-order valence-corrected chi connectivity index (χ3v) is 5.41. The number of piperidine rings is 1. The van der Waals surface area contributed by atoms with Gasteiger partial charge < -0.3 is 5.11 Å². The van der Waals surface area contributed by atoms with Gasteiger partial charge in [-0.3, -0.25) is 9.80 Å². The molecule has 2 fully saturated rings. The number of amides is 1. The van der Waals surface area contributed by atoms with Gasteiger partial charge >= 0.3 is 0 Å².